The van der Waals surface area contributed by atoms with Crippen molar-refractivity contribution in [2.75, 3.05) is 13.1 Å². The number of halogens is 1. The number of hydrogen-bond acceptors (Lipinski definition) is 2. The molecule has 3 rings (SSSR count). The van der Waals surface area contributed by atoms with E-state index in [1.807, 2.05) is 6.07 Å². The van der Waals surface area contributed by atoms with Gasteiger partial charge in [-0.15, -0.1) is 0 Å². The fraction of sp³-hybridized carbons (Fsp3) is 0.417. The van der Waals surface area contributed by atoms with Gasteiger partial charge in [0.15, 0.2) is 0 Å². The largest absolute Gasteiger partial charge is 0.316 e. The second-order valence-electron chi connectivity index (χ2n) is 4.35. The second kappa shape index (κ2) is 3.42. The summed E-state index contributed by atoms with van der Waals surface area (Å²) in [5, 5.41) is 3.39. The van der Waals surface area contributed by atoms with E-state index in [0.29, 0.717) is 5.92 Å². The number of nitrogens with zero attached hydrogens (tertiary/aromatic N) is 1. The van der Waals surface area contributed by atoms with Crippen LogP contribution in [0.4, 0.5) is 4.39 Å². The van der Waals surface area contributed by atoms with Crippen molar-refractivity contribution >= 4 is 5.57 Å². The average Bonchev–Trinajstić information content (AvgIpc) is 2.78. The Bertz CT molecular complexity index is 397. The molecule has 1 aromatic heterocycles. The Morgan fingerprint density at radius 1 is 1.33 bits per heavy atom. The van der Waals surface area contributed by atoms with Crippen LogP contribution >= 0.6 is 0 Å². The van der Waals surface area contributed by atoms with Crippen molar-refractivity contribution in [2.24, 2.45) is 11.8 Å². The lowest BCUT2D eigenvalue weighted by atomic mass is 9.99. The van der Waals surface area contributed by atoms with E-state index in [4.69, 9.17) is 0 Å². The molecule has 1 aliphatic heterocycles. The monoisotopic (exact) mass is 204 g/mol. The van der Waals surface area contributed by atoms with Gasteiger partial charge in [-0.3, -0.25) is 0 Å². The maximum absolute atomic E-state index is 12.7. The minimum atomic E-state index is -0.404. The smallest absolute Gasteiger partial charge is 0.212 e. The van der Waals surface area contributed by atoms with E-state index >= 15 is 0 Å². The summed E-state index contributed by atoms with van der Waals surface area (Å²) in [6, 6.07) is 3.26. The van der Waals surface area contributed by atoms with Crippen LogP contribution in [0.15, 0.2) is 24.4 Å². The van der Waals surface area contributed by atoms with E-state index in [1.54, 1.807) is 6.20 Å². The molecule has 0 radical (unpaired) electrons. The first-order chi connectivity index (χ1) is 7.33. The van der Waals surface area contributed by atoms with Crippen molar-refractivity contribution in [3.63, 3.8) is 0 Å². The van der Waals surface area contributed by atoms with Crippen molar-refractivity contribution in [1.82, 2.24) is 10.3 Å². The number of rotatable bonds is 1. The van der Waals surface area contributed by atoms with Crippen LogP contribution in [0, 0.1) is 17.8 Å². The summed E-state index contributed by atoms with van der Waals surface area (Å²) in [6.07, 6.45) is 5.06. The lowest BCUT2D eigenvalue weighted by Gasteiger charge is -2.06. The van der Waals surface area contributed by atoms with Crippen molar-refractivity contribution in [2.45, 2.75) is 6.42 Å². The molecule has 1 fully saturated rings. The summed E-state index contributed by atoms with van der Waals surface area (Å²) in [7, 11) is 0. The van der Waals surface area contributed by atoms with Gasteiger partial charge in [-0.1, -0.05) is 6.08 Å². The molecule has 15 heavy (non-hydrogen) atoms. The Morgan fingerprint density at radius 2 is 2.27 bits per heavy atom. The SMILES string of the molecule is Fc1ccc(C2=CC3CNCC3C2)cn1. The summed E-state index contributed by atoms with van der Waals surface area (Å²) in [4.78, 5) is 3.69. The van der Waals surface area contributed by atoms with E-state index in [1.165, 1.54) is 11.6 Å². The predicted molar refractivity (Wildman–Crippen MR) is 56.6 cm³/mol. The highest BCUT2D eigenvalue weighted by atomic mass is 19.1. The number of allylic oxidation sites excluding steroid dienone is 1. The average molecular weight is 204 g/mol. The third-order valence-electron chi connectivity index (χ3n) is 3.39. The van der Waals surface area contributed by atoms with Crippen LogP contribution in [0.3, 0.4) is 0 Å². The van der Waals surface area contributed by atoms with Gasteiger partial charge in [0.25, 0.3) is 0 Å². The van der Waals surface area contributed by atoms with E-state index in [9.17, 15) is 4.39 Å². The number of nitrogens with one attached hydrogen (secondary N) is 1. The predicted octanol–water partition coefficient (Wildman–Crippen LogP) is 1.84. The molecule has 2 atom stereocenters. The Labute approximate surface area is 88.2 Å². The summed E-state index contributed by atoms with van der Waals surface area (Å²) in [6.45, 7) is 2.20. The highest BCUT2D eigenvalue weighted by Gasteiger charge is 2.31. The highest BCUT2D eigenvalue weighted by Crippen LogP contribution is 2.37. The summed E-state index contributed by atoms with van der Waals surface area (Å²) < 4.78 is 12.7. The van der Waals surface area contributed by atoms with Crippen LogP contribution in [-0.4, -0.2) is 18.1 Å². The van der Waals surface area contributed by atoms with Crippen LogP contribution in [0.5, 0.6) is 0 Å². The maximum Gasteiger partial charge on any atom is 0.212 e. The zero-order valence-corrected chi connectivity index (χ0v) is 8.41. The molecular formula is C12H13FN2. The van der Waals surface area contributed by atoms with Gasteiger partial charge in [0.1, 0.15) is 0 Å². The van der Waals surface area contributed by atoms with E-state index in [0.717, 1.165) is 31.0 Å². The molecule has 0 aromatic carbocycles. The van der Waals surface area contributed by atoms with E-state index < -0.39 is 5.95 Å². The van der Waals surface area contributed by atoms with Crippen molar-refractivity contribution in [3.05, 3.63) is 35.9 Å². The fourth-order valence-corrected chi connectivity index (χ4v) is 2.56. The van der Waals surface area contributed by atoms with E-state index in [2.05, 4.69) is 16.4 Å². The van der Waals surface area contributed by atoms with Gasteiger partial charge in [0.05, 0.1) is 0 Å². The van der Waals surface area contributed by atoms with Gasteiger partial charge in [-0.2, -0.15) is 4.39 Å². The molecule has 3 heteroatoms. The maximum atomic E-state index is 12.7. The molecule has 1 aliphatic carbocycles. The lowest BCUT2D eigenvalue weighted by molar-refractivity contribution is 0.536. The Kier molecular flexibility index (Phi) is 2.06. The van der Waals surface area contributed by atoms with Crippen LogP contribution in [0.25, 0.3) is 5.57 Å². The van der Waals surface area contributed by atoms with Crippen LogP contribution < -0.4 is 5.32 Å². The van der Waals surface area contributed by atoms with Crippen molar-refractivity contribution in [1.29, 1.82) is 0 Å². The molecule has 0 bridgehead atoms. The molecule has 1 aromatic rings. The number of hydrogen-bond donors (Lipinski definition) is 1. The second-order valence-corrected chi connectivity index (χ2v) is 4.35. The standard InChI is InChI=1S/C12H13FN2/c13-12-2-1-8(7-15-12)9-3-10-5-14-6-11(10)4-9/h1-3,7,10-11,14H,4-6H2. The zero-order valence-electron chi connectivity index (χ0n) is 8.41. The molecular weight excluding hydrogens is 191 g/mol. The molecule has 2 nitrogen and oxygen atoms in total. The third-order valence-corrected chi connectivity index (χ3v) is 3.39. The number of pyridine rings is 1. The molecule has 0 spiro atoms. The number of fused-ring (bicyclic) bond motifs is 1. The zero-order chi connectivity index (χ0) is 10.3. The van der Waals surface area contributed by atoms with Gasteiger partial charge in [0.2, 0.25) is 5.95 Å². The van der Waals surface area contributed by atoms with Gasteiger partial charge >= 0.3 is 0 Å². The van der Waals surface area contributed by atoms with Gasteiger partial charge in [-0.05, 0) is 48.1 Å². The molecule has 78 valence electrons. The van der Waals surface area contributed by atoms with Gasteiger partial charge in [0, 0.05) is 12.7 Å². The minimum absolute atomic E-state index is 0.404. The van der Waals surface area contributed by atoms with Crippen molar-refractivity contribution in [3.8, 4) is 0 Å². The number of aromatic nitrogens is 1. The first-order valence-corrected chi connectivity index (χ1v) is 5.36. The van der Waals surface area contributed by atoms with E-state index in [-0.39, 0.29) is 0 Å². The Balaban J connectivity index is 1.87. The minimum Gasteiger partial charge on any atom is -0.316 e. The molecule has 1 saturated heterocycles. The molecule has 1 N–H and O–H groups in total. The Hall–Kier alpha value is -1.22. The quantitative estimate of drug-likeness (QED) is 0.706. The molecule has 2 heterocycles. The van der Waals surface area contributed by atoms with Gasteiger partial charge in [-0.25, -0.2) is 4.98 Å². The van der Waals surface area contributed by atoms with Crippen LogP contribution in [0.1, 0.15) is 12.0 Å². The fourth-order valence-electron chi connectivity index (χ4n) is 2.56. The first-order valence-electron chi connectivity index (χ1n) is 5.36. The summed E-state index contributed by atoms with van der Waals surface area (Å²) in [5.41, 5.74) is 2.41. The normalized spacial score (nSPS) is 29.0. The highest BCUT2D eigenvalue weighted by molar-refractivity contribution is 5.67. The van der Waals surface area contributed by atoms with Crippen LogP contribution in [-0.2, 0) is 0 Å². The molecule has 2 aliphatic rings. The van der Waals surface area contributed by atoms with Gasteiger partial charge < -0.3 is 5.32 Å². The first kappa shape index (κ1) is 9.04. The third kappa shape index (κ3) is 1.57. The van der Waals surface area contributed by atoms with Crippen molar-refractivity contribution < 1.29 is 4.39 Å². The molecule has 0 saturated carbocycles. The topological polar surface area (TPSA) is 24.9 Å². The summed E-state index contributed by atoms with van der Waals surface area (Å²) >= 11 is 0. The summed E-state index contributed by atoms with van der Waals surface area (Å²) in [5.74, 6) is 1.01. The Morgan fingerprint density at radius 3 is 3.00 bits per heavy atom. The molecule has 0 amide bonds. The lowest BCUT2D eigenvalue weighted by Crippen LogP contribution is -2.09. The molecule has 2 unspecified atom stereocenters. The van der Waals surface area contributed by atoms with Crippen LogP contribution in [0.2, 0.25) is 0 Å².